The zero-order chi connectivity index (χ0) is 37.5. The summed E-state index contributed by atoms with van der Waals surface area (Å²) in [6, 6.07) is 0.465. The number of methoxy groups -OCH3 is 2. The van der Waals surface area contributed by atoms with Crippen LogP contribution in [0.15, 0.2) is 0 Å². The number of rotatable bonds is 27. The van der Waals surface area contributed by atoms with E-state index in [9.17, 15) is 9.59 Å². The van der Waals surface area contributed by atoms with Crippen molar-refractivity contribution in [2.24, 2.45) is 0 Å². The Labute approximate surface area is 306 Å². The fourth-order valence-corrected chi connectivity index (χ4v) is 5.46. The second-order valence-corrected chi connectivity index (χ2v) is 14.3. The Morgan fingerprint density at radius 2 is 1.53 bits per heavy atom. The molecule has 1 aliphatic heterocycles. The third-order valence-electron chi connectivity index (χ3n) is 8.77. The van der Waals surface area contributed by atoms with Gasteiger partial charge >= 0.3 is 0 Å². The first-order valence-electron chi connectivity index (χ1n) is 18.7. The molecule has 15 heteroatoms. The van der Waals surface area contributed by atoms with Crippen LogP contribution in [0.1, 0.15) is 84.2 Å². The molecule has 0 aliphatic carbocycles. The average molecular weight is 728 g/mol. The number of nitrogens with zero attached hydrogens (tertiary/aromatic N) is 5. The highest BCUT2D eigenvalue weighted by Gasteiger charge is 2.34. The van der Waals surface area contributed by atoms with Crippen LogP contribution in [-0.2, 0) is 51.0 Å². The van der Waals surface area contributed by atoms with Gasteiger partial charge < -0.3 is 48.9 Å². The minimum Gasteiger partial charge on any atom is -0.379 e. The minimum atomic E-state index is -0.465. The summed E-state index contributed by atoms with van der Waals surface area (Å²) in [5.74, 6) is -0.0877. The molecule has 2 N–H and O–H groups in total. The number of hydrogen-bond acceptors (Lipinski definition) is 12. The monoisotopic (exact) mass is 728 g/mol. The molecule has 0 saturated carbocycles. The van der Waals surface area contributed by atoms with Gasteiger partial charge in [-0.2, -0.15) is 0 Å². The molecule has 1 aromatic heterocycles. The molecule has 0 spiro atoms. The number of nitrogens with one attached hydrogen (secondary N) is 2. The van der Waals surface area contributed by atoms with E-state index < -0.39 is 12.2 Å². The van der Waals surface area contributed by atoms with Crippen molar-refractivity contribution >= 4 is 11.8 Å². The van der Waals surface area contributed by atoms with Gasteiger partial charge in [0.25, 0.3) is 0 Å². The Kier molecular flexibility index (Phi) is 22.6. The van der Waals surface area contributed by atoms with Crippen LogP contribution in [0.5, 0.6) is 0 Å². The smallest absolute Gasteiger partial charge is 0.222 e. The average Bonchev–Trinajstić information content (AvgIpc) is 3.46. The van der Waals surface area contributed by atoms with E-state index in [4.69, 9.17) is 28.4 Å². The third kappa shape index (κ3) is 18.9. The van der Waals surface area contributed by atoms with E-state index in [0.717, 1.165) is 30.9 Å². The Bertz CT molecular complexity index is 1080. The molecule has 2 rings (SSSR count). The Morgan fingerprint density at radius 1 is 0.882 bits per heavy atom. The molecule has 0 unspecified atom stereocenters. The van der Waals surface area contributed by atoms with Crippen molar-refractivity contribution in [3.05, 3.63) is 11.4 Å². The van der Waals surface area contributed by atoms with Gasteiger partial charge in [-0.05, 0) is 67.5 Å². The van der Waals surface area contributed by atoms with Crippen LogP contribution < -0.4 is 10.6 Å². The lowest BCUT2D eigenvalue weighted by molar-refractivity contribution is -0.135. The predicted molar refractivity (Wildman–Crippen MR) is 196 cm³/mol. The summed E-state index contributed by atoms with van der Waals surface area (Å²) in [5.41, 5.74) is 1.79. The van der Waals surface area contributed by atoms with E-state index in [1.165, 1.54) is 0 Å². The SMILES string of the molecule is CO[C@H]1CN(C(=O)CCCC(=O)NCCCOCCOCCOCCCNC(C)(C)C)CCc2c(nnn2CCOCCN(C)C(C)C)[C@@H]1OC. The van der Waals surface area contributed by atoms with E-state index in [1.54, 1.807) is 19.1 Å². The highest BCUT2D eigenvalue weighted by Crippen LogP contribution is 2.28. The maximum Gasteiger partial charge on any atom is 0.222 e. The second-order valence-electron chi connectivity index (χ2n) is 14.3. The molecule has 296 valence electrons. The van der Waals surface area contributed by atoms with Gasteiger partial charge in [-0.25, -0.2) is 4.68 Å². The number of carbonyl (C=O) groups is 2. The molecule has 51 heavy (non-hydrogen) atoms. The van der Waals surface area contributed by atoms with Crippen molar-refractivity contribution in [1.82, 2.24) is 35.4 Å². The van der Waals surface area contributed by atoms with Crippen molar-refractivity contribution in [2.75, 3.05) is 107 Å². The van der Waals surface area contributed by atoms with Crippen molar-refractivity contribution in [1.29, 1.82) is 0 Å². The van der Waals surface area contributed by atoms with Gasteiger partial charge in [0.2, 0.25) is 11.8 Å². The Balaban J connectivity index is 1.62. The molecule has 0 saturated heterocycles. The van der Waals surface area contributed by atoms with Crippen LogP contribution in [-0.4, -0.2) is 161 Å². The molecular weight excluding hydrogens is 658 g/mol. The molecule has 0 bridgehead atoms. The Hall–Kier alpha value is -2.24. The molecule has 0 radical (unpaired) electrons. The van der Waals surface area contributed by atoms with Crippen molar-refractivity contribution < 1.29 is 38.0 Å². The van der Waals surface area contributed by atoms with E-state index in [0.29, 0.717) is 104 Å². The molecule has 0 aromatic carbocycles. The molecule has 2 amide bonds. The number of likely N-dealkylation sites (N-methyl/N-ethyl adjacent to an activating group) is 1. The molecule has 0 fully saturated rings. The van der Waals surface area contributed by atoms with Crippen LogP contribution >= 0.6 is 0 Å². The quantitative estimate of drug-likeness (QED) is 0.128. The number of carbonyl (C=O) groups excluding carboxylic acids is 2. The summed E-state index contributed by atoms with van der Waals surface area (Å²) in [5, 5.41) is 15.2. The van der Waals surface area contributed by atoms with Crippen molar-refractivity contribution in [3.8, 4) is 0 Å². The number of ether oxygens (including phenoxy) is 6. The van der Waals surface area contributed by atoms with Crippen LogP contribution in [0, 0.1) is 0 Å². The predicted octanol–water partition coefficient (Wildman–Crippen LogP) is 2.23. The topological polar surface area (TPSA) is 151 Å². The van der Waals surface area contributed by atoms with Crippen LogP contribution in [0.2, 0.25) is 0 Å². The summed E-state index contributed by atoms with van der Waals surface area (Å²) >= 11 is 0. The minimum absolute atomic E-state index is 0.0182. The van der Waals surface area contributed by atoms with Gasteiger partial charge in [0, 0.05) is 84.5 Å². The van der Waals surface area contributed by atoms with Crippen molar-refractivity contribution in [3.63, 3.8) is 0 Å². The fourth-order valence-electron chi connectivity index (χ4n) is 5.46. The third-order valence-corrected chi connectivity index (χ3v) is 8.77. The van der Waals surface area contributed by atoms with Crippen LogP contribution in [0.4, 0.5) is 0 Å². The standard InChI is InChI=1S/C36H69N7O8/c1-29(2)41(6)18-22-50-23-19-43-30-14-17-42(28-31(46-7)35(47-8)34(30)39-40-43)33(45)13-9-12-32(44)37-15-10-20-48-24-26-51-27-25-49-21-11-16-38-36(3,4)5/h29,31,35,38H,9-28H2,1-8H3,(H,37,44)/t31-,35+/m0/s1. The summed E-state index contributed by atoms with van der Waals surface area (Å²) in [6.45, 7) is 19.0. The summed E-state index contributed by atoms with van der Waals surface area (Å²) in [4.78, 5) is 29.8. The van der Waals surface area contributed by atoms with Gasteiger partial charge in [0.1, 0.15) is 17.9 Å². The molecule has 2 atom stereocenters. The summed E-state index contributed by atoms with van der Waals surface area (Å²) in [6.07, 6.45) is 2.41. The lowest BCUT2D eigenvalue weighted by atomic mass is 10.0. The van der Waals surface area contributed by atoms with Gasteiger partial charge in [-0.3, -0.25) is 9.59 Å². The van der Waals surface area contributed by atoms with Gasteiger partial charge in [0.05, 0.1) is 51.9 Å². The van der Waals surface area contributed by atoms with Crippen LogP contribution in [0.3, 0.4) is 0 Å². The molecule has 2 heterocycles. The van der Waals surface area contributed by atoms with Gasteiger partial charge in [-0.15, -0.1) is 5.10 Å². The number of fused-ring (bicyclic) bond motifs is 1. The molecular formula is C36H69N7O8. The maximum atomic E-state index is 13.3. The largest absolute Gasteiger partial charge is 0.379 e. The van der Waals surface area contributed by atoms with E-state index >= 15 is 0 Å². The maximum absolute atomic E-state index is 13.3. The lowest BCUT2D eigenvalue weighted by Gasteiger charge is -2.33. The van der Waals surface area contributed by atoms with E-state index in [-0.39, 0.29) is 30.2 Å². The number of aromatic nitrogens is 3. The highest BCUT2D eigenvalue weighted by atomic mass is 16.5. The van der Waals surface area contributed by atoms with Gasteiger partial charge in [0.15, 0.2) is 0 Å². The van der Waals surface area contributed by atoms with Crippen LogP contribution in [0.25, 0.3) is 0 Å². The normalized spacial score (nSPS) is 16.8. The first kappa shape index (κ1) is 44.9. The van der Waals surface area contributed by atoms with Crippen molar-refractivity contribution in [2.45, 2.75) is 103 Å². The molecule has 15 nitrogen and oxygen atoms in total. The van der Waals surface area contributed by atoms with E-state index in [1.807, 2.05) is 4.68 Å². The zero-order valence-electron chi connectivity index (χ0n) is 32.9. The summed E-state index contributed by atoms with van der Waals surface area (Å²) < 4.78 is 36.0. The number of hydrogen-bond donors (Lipinski definition) is 2. The first-order chi connectivity index (χ1) is 24.5. The number of amides is 2. The zero-order valence-corrected chi connectivity index (χ0v) is 32.9. The first-order valence-corrected chi connectivity index (χ1v) is 18.7. The second kappa shape index (κ2) is 25.7. The fraction of sp³-hybridized carbons (Fsp3) is 0.889. The van der Waals surface area contributed by atoms with E-state index in [2.05, 4.69) is 67.5 Å². The van der Waals surface area contributed by atoms with Gasteiger partial charge in [-0.1, -0.05) is 5.21 Å². The molecule has 1 aliphatic rings. The Morgan fingerprint density at radius 3 is 2.16 bits per heavy atom. The summed E-state index contributed by atoms with van der Waals surface area (Å²) in [7, 11) is 5.31. The molecule has 1 aromatic rings. The lowest BCUT2D eigenvalue weighted by Crippen LogP contribution is -2.44. The highest BCUT2D eigenvalue weighted by molar-refractivity contribution is 5.79.